The number of carbonyl (C=O) groups excluding carboxylic acids is 2. The van der Waals surface area contributed by atoms with Crippen LogP contribution in [0.1, 0.15) is 20.7 Å². The van der Waals surface area contributed by atoms with Gasteiger partial charge in [0.2, 0.25) is 0 Å². The number of halogens is 1. The minimum Gasteiger partial charge on any atom is -0.493 e. The fourth-order valence-corrected chi connectivity index (χ4v) is 3.00. The van der Waals surface area contributed by atoms with Crippen molar-refractivity contribution in [3.63, 3.8) is 0 Å². The number of hydrogen-bond acceptors (Lipinski definition) is 6. The van der Waals surface area contributed by atoms with E-state index in [1.807, 2.05) is 0 Å². The van der Waals surface area contributed by atoms with Crippen molar-refractivity contribution >= 4 is 41.5 Å². The molecule has 0 aliphatic heterocycles. The lowest BCUT2D eigenvalue weighted by Gasteiger charge is -2.18. The molecule has 0 spiro atoms. The Kier molecular flexibility index (Phi) is 6.84. The van der Waals surface area contributed by atoms with Crippen LogP contribution in [0.4, 0.5) is 11.4 Å². The van der Waals surface area contributed by atoms with E-state index in [1.165, 1.54) is 26.5 Å². The van der Waals surface area contributed by atoms with Crippen LogP contribution >= 0.6 is 11.6 Å². The number of amides is 2. The van der Waals surface area contributed by atoms with Gasteiger partial charge in [0.25, 0.3) is 11.8 Å². The summed E-state index contributed by atoms with van der Waals surface area (Å²) in [6.07, 6.45) is 3.04. The molecule has 31 heavy (non-hydrogen) atoms. The number of rotatable bonds is 7. The first-order chi connectivity index (χ1) is 15.0. The van der Waals surface area contributed by atoms with E-state index in [0.717, 1.165) is 5.01 Å². The maximum Gasteiger partial charge on any atom is 0.280 e. The number of pyridine rings is 1. The van der Waals surface area contributed by atoms with Crippen molar-refractivity contribution in [2.75, 3.05) is 24.5 Å². The minimum absolute atomic E-state index is 0.137. The number of nitrogens with zero attached hydrogens (tertiary/aromatic N) is 3. The Balaban J connectivity index is 1.94. The quantitative estimate of drug-likeness (QED) is 0.439. The smallest absolute Gasteiger partial charge is 0.280 e. The molecular formula is C22H19ClN4O4. The summed E-state index contributed by atoms with van der Waals surface area (Å²) in [5, 5.41) is 7.92. The van der Waals surface area contributed by atoms with Gasteiger partial charge in [-0.1, -0.05) is 11.6 Å². The molecule has 158 valence electrons. The van der Waals surface area contributed by atoms with Crippen molar-refractivity contribution in [2.24, 2.45) is 5.10 Å². The van der Waals surface area contributed by atoms with Crippen LogP contribution < -0.4 is 19.8 Å². The van der Waals surface area contributed by atoms with Gasteiger partial charge in [0.05, 0.1) is 37.4 Å². The summed E-state index contributed by atoms with van der Waals surface area (Å²) >= 11 is 6.11. The van der Waals surface area contributed by atoms with Gasteiger partial charge in [0.1, 0.15) is 0 Å². The van der Waals surface area contributed by atoms with Gasteiger partial charge in [0, 0.05) is 23.5 Å². The summed E-state index contributed by atoms with van der Waals surface area (Å²) in [6.45, 7) is 3.46. The summed E-state index contributed by atoms with van der Waals surface area (Å²) in [7, 11) is 2.98. The predicted molar refractivity (Wildman–Crippen MR) is 120 cm³/mol. The summed E-state index contributed by atoms with van der Waals surface area (Å²) in [6, 6.07) is 12.6. The highest BCUT2D eigenvalue weighted by Crippen LogP contribution is 2.29. The molecule has 0 fully saturated rings. The van der Waals surface area contributed by atoms with Crippen LogP contribution in [0, 0.1) is 0 Å². The maximum atomic E-state index is 13.2. The molecule has 0 unspecified atom stereocenters. The number of hydrogen-bond donors (Lipinski definition) is 1. The Hall–Kier alpha value is -3.91. The lowest BCUT2D eigenvalue weighted by atomic mass is 10.1. The first kappa shape index (κ1) is 21.8. The summed E-state index contributed by atoms with van der Waals surface area (Å²) in [5.74, 6) is -0.0864. The number of benzene rings is 2. The average molecular weight is 439 g/mol. The van der Waals surface area contributed by atoms with Gasteiger partial charge in [-0.05, 0) is 48.5 Å². The maximum absolute atomic E-state index is 13.2. The Morgan fingerprint density at radius 1 is 1.10 bits per heavy atom. The van der Waals surface area contributed by atoms with Crippen molar-refractivity contribution < 1.29 is 19.1 Å². The van der Waals surface area contributed by atoms with Gasteiger partial charge < -0.3 is 14.8 Å². The lowest BCUT2D eigenvalue weighted by molar-refractivity contribution is 0.0988. The summed E-state index contributed by atoms with van der Waals surface area (Å²) in [5.41, 5.74) is 1.13. The zero-order chi connectivity index (χ0) is 22.4. The second-order valence-corrected chi connectivity index (χ2v) is 6.62. The van der Waals surface area contributed by atoms with Gasteiger partial charge in [-0.3, -0.25) is 14.6 Å². The van der Waals surface area contributed by atoms with Crippen molar-refractivity contribution in [1.82, 2.24) is 4.98 Å². The van der Waals surface area contributed by atoms with Crippen LogP contribution in [0.5, 0.6) is 11.5 Å². The molecule has 0 saturated carbocycles. The number of aromatic nitrogens is 1. The third kappa shape index (κ3) is 4.81. The number of ether oxygens (including phenoxy) is 2. The monoisotopic (exact) mass is 438 g/mol. The van der Waals surface area contributed by atoms with Gasteiger partial charge in [-0.15, -0.1) is 0 Å². The molecular weight excluding hydrogens is 420 g/mol. The van der Waals surface area contributed by atoms with Crippen LogP contribution in [0.15, 0.2) is 66.0 Å². The summed E-state index contributed by atoms with van der Waals surface area (Å²) in [4.78, 5) is 30.0. The molecule has 0 aliphatic carbocycles. The molecule has 1 N–H and O–H groups in total. The molecule has 0 aliphatic rings. The first-order valence-electron chi connectivity index (χ1n) is 9.02. The van der Waals surface area contributed by atoms with Crippen molar-refractivity contribution in [3.8, 4) is 11.5 Å². The molecule has 3 rings (SSSR count). The molecule has 0 bridgehead atoms. The Labute approximate surface area is 184 Å². The molecule has 1 aromatic heterocycles. The number of carbonyl (C=O) groups is 2. The molecule has 2 amide bonds. The van der Waals surface area contributed by atoms with Crippen molar-refractivity contribution in [3.05, 3.63) is 77.1 Å². The fourth-order valence-electron chi connectivity index (χ4n) is 2.83. The van der Waals surface area contributed by atoms with Gasteiger partial charge >= 0.3 is 0 Å². The van der Waals surface area contributed by atoms with Gasteiger partial charge in [0.15, 0.2) is 11.5 Å². The van der Waals surface area contributed by atoms with Crippen LogP contribution in [-0.2, 0) is 0 Å². The van der Waals surface area contributed by atoms with E-state index in [9.17, 15) is 9.59 Å². The first-order valence-corrected chi connectivity index (χ1v) is 9.40. The average Bonchev–Trinajstić information content (AvgIpc) is 2.80. The topological polar surface area (TPSA) is 93.1 Å². The van der Waals surface area contributed by atoms with Crippen molar-refractivity contribution in [2.45, 2.75) is 0 Å². The highest BCUT2D eigenvalue weighted by atomic mass is 35.5. The van der Waals surface area contributed by atoms with E-state index in [1.54, 1.807) is 48.7 Å². The minimum atomic E-state index is -0.534. The van der Waals surface area contributed by atoms with Gasteiger partial charge in [-0.25, -0.2) is 0 Å². The van der Waals surface area contributed by atoms with E-state index in [4.69, 9.17) is 21.1 Å². The predicted octanol–water partition coefficient (Wildman–Crippen LogP) is 4.27. The van der Waals surface area contributed by atoms with Gasteiger partial charge in [-0.2, -0.15) is 10.1 Å². The highest BCUT2D eigenvalue weighted by molar-refractivity contribution is 6.31. The Morgan fingerprint density at radius 3 is 2.52 bits per heavy atom. The molecule has 0 atom stereocenters. The highest BCUT2D eigenvalue weighted by Gasteiger charge is 2.22. The number of anilines is 2. The molecule has 0 radical (unpaired) electrons. The molecule has 0 saturated heterocycles. The molecule has 8 nitrogen and oxygen atoms in total. The number of hydrazone groups is 1. The third-order valence-electron chi connectivity index (χ3n) is 4.33. The number of nitrogens with one attached hydrogen (secondary N) is 1. The largest absolute Gasteiger partial charge is 0.493 e. The molecule has 9 heteroatoms. The van der Waals surface area contributed by atoms with E-state index >= 15 is 0 Å². The zero-order valence-corrected chi connectivity index (χ0v) is 17.6. The normalized spacial score (nSPS) is 10.2. The molecule has 1 heterocycles. The molecule has 2 aromatic carbocycles. The fraction of sp³-hybridized carbons (Fsp3) is 0.0909. The van der Waals surface area contributed by atoms with E-state index in [0.29, 0.717) is 27.8 Å². The van der Waals surface area contributed by atoms with Crippen LogP contribution in [0.3, 0.4) is 0 Å². The molecule has 3 aromatic rings. The lowest BCUT2D eigenvalue weighted by Crippen LogP contribution is -2.27. The third-order valence-corrected chi connectivity index (χ3v) is 4.57. The van der Waals surface area contributed by atoms with Crippen LogP contribution in [0.2, 0.25) is 5.02 Å². The van der Waals surface area contributed by atoms with Crippen LogP contribution in [-0.4, -0.2) is 37.7 Å². The van der Waals surface area contributed by atoms with E-state index in [2.05, 4.69) is 22.1 Å². The van der Waals surface area contributed by atoms with E-state index < -0.39 is 11.8 Å². The zero-order valence-electron chi connectivity index (χ0n) is 16.8. The second-order valence-electron chi connectivity index (χ2n) is 6.18. The van der Waals surface area contributed by atoms with E-state index in [-0.39, 0.29) is 11.3 Å². The Bertz CT molecular complexity index is 1120. The SMILES string of the molecule is C=NN(C(=O)c1cc(Cl)ccc1NC(=O)c1ccc(OC)c(OC)c1)c1cccnc1. The summed E-state index contributed by atoms with van der Waals surface area (Å²) < 4.78 is 10.4. The standard InChI is InChI=1S/C22H19ClN4O4/c1-24-27(16-5-4-10-25-13-16)22(29)17-12-15(23)7-8-18(17)26-21(28)14-6-9-19(30-2)20(11-14)31-3/h4-13H,1H2,2-3H3,(H,26,28). The Morgan fingerprint density at radius 2 is 1.87 bits per heavy atom. The number of methoxy groups -OCH3 is 2. The van der Waals surface area contributed by atoms with Crippen molar-refractivity contribution in [1.29, 1.82) is 0 Å². The van der Waals surface area contributed by atoms with Crippen LogP contribution in [0.25, 0.3) is 0 Å². The second kappa shape index (κ2) is 9.73.